The van der Waals surface area contributed by atoms with Crippen LogP contribution >= 0.6 is 11.3 Å². The number of primary amides is 1. The van der Waals surface area contributed by atoms with Crippen LogP contribution in [0.2, 0.25) is 0 Å². The molecular weight excluding hydrogens is 414 g/mol. The van der Waals surface area contributed by atoms with Crippen molar-refractivity contribution < 1.29 is 14.4 Å². The lowest BCUT2D eigenvalue weighted by molar-refractivity contribution is -0.118. The summed E-state index contributed by atoms with van der Waals surface area (Å²) >= 11 is 1.43. The molecule has 1 saturated carbocycles. The normalized spacial score (nSPS) is 14.5. The van der Waals surface area contributed by atoms with E-state index in [4.69, 9.17) is 5.73 Å². The maximum Gasteiger partial charge on any atom is 0.258 e. The Morgan fingerprint density at radius 2 is 1.90 bits per heavy atom. The van der Waals surface area contributed by atoms with E-state index in [1.807, 2.05) is 5.38 Å². The number of rotatable bonds is 7. The van der Waals surface area contributed by atoms with Gasteiger partial charge in [0, 0.05) is 30.0 Å². The molecule has 2 heterocycles. The molecule has 1 fully saturated rings. The molecule has 0 radical (unpaired) electrons. The summed E-state index contributed by atoms with van der Waals surface area (Å²) in [6.07, 6.45) is 5.63. The van der Waals surface area contributed by atoms with E-state index < -0.39 is 5.91 Å². The number of carbonyl (C=O) groups excluding carboxylic acids is 3. The highest BCUT2D eigenvalue weighted by Gasteiger charge is 2.19. The number of aryl methyl sites for hydroxylation is 1. The molecule has 9 heteroatoms. The Kier molecular flexibility index (Phi) is 6.31. The van der Waals surface area contributed by atoms with Gasteiger partial charge in [0.05, 0.1) is 16.6 Å². The smallest absolute Gasteiger partial charge is 0.258 e. The molecular formula is C22H25N5O3S. The Morgan fingerprint density at radius 1 is 1.10 bits per heavy atom. The van der Waals surface area contributed by atoms with Gasteiger partial charge in [0.25, 0.3) is 11.8 Å². The molecule has 2 aromatic heterocycles. The summed E-state index contributed by atoms with van der Waals surface area (Å²) < 4.78 is 1.74. The van der Waals surface area contributed by atoms with E-state index in [0.717, 1.165) is 31.2 Å². The molecule has 3 aromatic rings. The number of hydrogen-bond donors (Lipinski definition) is 3. The van der Waals surface area contributed by atoms with Crippen molar-refractivity contribution in [1.29, 1.82) is 0 Å². The van der Waals surface area contributed by atoms with Gasteiger partial charge < -0.3 is 15.6 Å². The van der Waals surface area contributed by atoms with Crippen LogP contribution in [0.4, 0.5) is 5.95 Å². The lowest BCUT2D eigenvalue weighted by atomic mass is 9.95. The van der Waals surface area contributed by atoms with Crippen LogP contribution in [0.5, 0.6) is 0 Å². The standard InChI is InChI=1S/C22H25N5O3S/c23-19(28)8-10-27-18-7-6-14(20(29)24-16-4-2-1-3-5-16)12-17(18)25-22(27)26-21(30)15-9-11-31-13-15/h6-7,9,11-13,16H,1-5,8,10H2,(H2,23,28)(H,24,29)(H,25,26,30). The Balaban J connectivity index is 1.60. The zero-order valence-corrected chi connectivity index (χ0v) is 17.9. The summed E-state index contributed by atoms with van der Waals surface area (Å²) in [5.41, 5.74) is 7.67. The number of carbonyl (C=O) groups is 3. The number of nitrogens with one attached hydrogen (secondary N) is 2. The molecule has 0 aliphatic heterocycles. The van der Waals surface area contributed by atoms with E-state index in [1.54, 1.807) is 34.2 Å². The van der Waals surface area contributed by atoms with Crippen LogP contribution in [-0.4, -0.2) is 33.3 Å². The van der Waals surface area contributed by atoms with Crippen LogP contribution in [0.3, 0.4) is 0 Å². The minimum atomic E-state index is -0.444. The molecule has 1 aliphatic rings. The van der Waals surface area contributed by atoms with Gasteiger partial charge in [-0.25, -0.2) is 4.98 Å². The van der Waals surface area contributed by atoms with E-state index >= 15 is 0 Å². The number of benzene rings is 1. The largest absolute Gasteiger partial charge is 0.370 e. The molecule has 0 spiro atoms. The fourth-order valence-corrected chi connectivity index (χ4v) is 4.53. The number of anilines is 1. The molecule has 0 atom stereocenters. The minimum Gasteiger partial charge on any atom is -0.370 e. The molecule has 0 bridgehead atoms. The van der Waals surface area contributed by atoms with Crippen molar-refractivity contribution in [3.05, 3.63) is 46.2 Å². The van der Waals surface area contributed by atoms with Gasteiger partial charge in [0.2, 0.25) is 11.9 Å². The van der Waals surface area contributed by atoms with Crippen LogP contribution < -0.4 is 16.4 Å². The average Bonchev–Trinajstić information content (AvgIpc) is 3.40. The van der Waals surface area contributed by atoms with Crippen molar-refractivity contribution in [3.8, 4) is 0 Å². The second-order valence-electron chi connectivity index (χ2n) is 7.78. The zero-order valence-electron chi connectivity index (χ0n) is 17.1. The summed E-state index contributed by atoms with van der Waals surface area (Å²) in [5, 5.41) is 9.49. The van der Waals surface area contributed by atoms with Gasteiger partial charge in [-0.15, -0.1) is 0 Å². The first-order valence-electron chi connectivity index (χ1n) is 10.4. The van der Waals surface area contributed by atoms with Gasteiger partial charge in [-0.05, 0) is 42.5 Å². The minimum absolute atomic E-state index is 0.108. The molecule has 4 N–H and O–H groups in total. The predicted octanol–water partition coefficient (Wildman–Crippen LogP) is 3.29. The molecule has 31 heavy (non-hydrogen) atoms. The molecule has 162 valence electrons. The third kappa shape index (κ3) is 4.93. The Morgan fingerprint density at radius 3 is 2.61 bits per heavy atom. The van der Waals surface area contributed by atoms with E-state index in [-0.39, 0.29) is 30.8 Å². The molecule has 0 unspecified atom stereocenters. The van der Waals surface area contributed by atoms with Crippen molar-refractivity contribution in [3.63, 3.8) is 0 Å². The molecule has 0 saturated heterocycles. The Bertz CT molecular complexity index is 1100. The second kappa shape index (κ2) is 9.30. The maximum atomic E-state index is 12.7. The van der Waals surface area contributed by atoms with Crippen LogP contribution in [-0.2, 0) is 11.3 Å². The number of fused-ring (bicyclic) bond motifs is 1. The van der Waals surface area contributed by atoms with Crippen molar-refractivity contribution in [2.45, 2.75) is 51.1 Å². The van der Waals surface area contributed by atoms with Gasteiger partial charge in [0.15, 0.2) is 0 Å². The Labute approximate surface area is 183 Å². The number of nitrogens with two attached hydrogens (primary N) is 1. The highest BCUT2D eigenvalue weighted by molar-refractivity contribution is 7.08. The average molecular weight is 440 g/mol. The number of nitrogens with zero attached hydrogens (tertiary/aromatic N) is 2. The number of thiophene rings is 1. The quantitative estimate of drug-likeness (QED) is 0.523. The summed E-state index contributed by atoms with van der Waals surface area (Å²) in [6.45, 7) is 0.276. The highest BCUT2D eigenvalue weighted by Crippen LogP contribution is 2.23. The number of hydrogen-bond acceptors (Lipinski definition) is 5. The van der Waals surface area contributed by atoms with E-state index in [9.17, 15) is 14.4 Å². The first-order chi connectivity index (χ1) is 15.0. The van der Waals surface area contributed by atoms with Crippen LogP contribution in [0.25, 0.3) is 11.0 Å². The first kappa shape index (κ1) is 21.0. The number of amides is 3. The summed E-state index contributed by atoms with van der Waals surface area (Å²) in [5.74, 6) is -0.533. The van der Waals surface area contributed by atoms with Gasteiger partial charge in [-0.3, -0.25) is 19.7 Å². The lowest BCUT2D eigenvalue weighted by Crippen LogP contribution is -2.36. The summed E-state index contributed by atoms with van der Waals surface area (Å²) in [4.78, 5) is 41.1. The maximum absolute atomic E-state index is 12.7. The van der Waals surface area contributed by atoms with Crippen LogP contribution in [0, 0.1) is 0 Å². The predicted molar refractivity (Wildman–Crippen MR) is 120 cm³/mol. The van der Waals surface area contributed by atoms with E-state index in [1.165, 1.54) is 17.8 Å². The second-order valence-corrected chi connectivity index (χ2v) is 8.56. The number of aromatic nitrogens is 2. The van der Waals surface area contributed by atoms with Gasteiger partial charge in [-0.2, -0.15) is 11.3 Å². The van der Waals surface area contributed by atoms with Crippen molar-refractivity contribution in [2.75, 3.05) is 5.32 Å². The monoisotopic (exact) mass is 439 g/mol. The SMILES string of the molecule is NC(=O)CCn1c(NC(=O)c2ccsc2)nc2cc(C(=O)NC3CCCCC3)ccc21. The Hall–Kier alpha value is -3.20. The van der Waals surface area contributed by atoms with Crippen molar-refractivity contribution in [1.82, 2.24) is 14.9 Å². The van der Waals surface area contributed by atoms with Crippen molar-refractivity contribution in [2.24, 2.45) is 5.73 Å². The lowest BCUT2D eigenvalue weighted by Gasteiger charge is -2.22. The molecule has 8 nitrogen and oxygen atoms in total. The first-order valence-corrected chi connectivity index (χ1v) is 11.4. The third-order valence-electron chi connectivity index (χ3n) is 5.54. The van der Waals surface area contributed by atoms with Crippen LogP contribution in [0.1, 0.15) is 59.2 Å². The van der Waals surface area contributed by atoms with E-state index in [2.05, 4.69) is 15.6 Å². The van der Waals surface area contributed by atoms with Gasteiger partial charge in [0.1, 0.15) is 0 Å². The number of imidazole rings is 1. The topological polar surface area (TPSA) is 119 Å². The van der Waals surface area contributed by atoms with Crippen LogP contribution in [0.15, 0.2) is 35.0 Å². The van der Waals surface area contributed by atoms with Gasteiger partial charge >= 0.3 is 0 Å². The summed E-state index contributed by atoms with van der Waals surface area (Å²) in [7, 11) is 0. The fraction of sp³-hybridized carbons (Fsp3) is 0.364. The van der Waals surface area contributed by atoms with Gasteiger partial charge in [-0.1, -0.05) is 19.3 Å². The zero-order chi connectivity index (χ0) is 21.8. The summed E-state index contributed by atoms with van der Waals surface area (Å²) in [6, 6.07) is 7.19. The molecule has 4 rings (SSSR count). The molecule has 1 aliphatic carbocycles. The van der Waals surface area contributed by atoms with E-state index in [0.29, 0.717) is 22.6 Å². The third-order valence-corrected chi connectivity index (χ3v) is 6.22. The highest BCUT2D eigenvalue weighted by atomic mass is 32.1. The fourth-order valence-electron chi connectivity index (χ4n) is 3.90. The molecule has 1 aromatic carbocycles. The van der Waals surface area contributed by atoms with Crippen molar-refractivity contribution >= 4 is 46.0 Å². The molecule has 3 amide bonds.